The van der Waals surface area contributed by atoms with Gasteiger partial charge >= 0.3 is 5.69 Å². The smallest absolute Gasteiger partial charge is 0.354 e. The van der Waals surface area contributed by atoms with Crippen LogP contribution in [0.25, 0.3) is 27.7 Å². The Kier molecular flexibility index (Phi) is 7.14. The van der Waals surface area contributed by atoms with Gasteiger partial charge in [0.25, 0.3) is 0 Å². The van der Waals surface area contributed by atoms with Gasteiger partial charge in [-0.25, -0.2) is 13.6 Å². The molecule has 2 aromatic carbocycles. The Morgan fingerprint density at radius 1 is 1.16 bits per heavy atom. The summed E-state index contributed by atoms with van der Waals surface area (Å²) in [6, 6.07) is 6.42. The third-order valence-electron chi connectivity index (χ3n) is 8.70. The van der Waals surface area contributed by atoms with Crippen molar-refractivity contribution in [3.05, 3.63) is 82.6 Å². The summed E-state index contributed by atoms with van der Waals surface area (Å²) in [5.41, 5.74) is 1.25. The maximum Gasteiger partial charge on any atom is 0.354 e. The summed E-state index contributed by atoms with van der Waals surface area (Å²) in [4.78, 5) is 41.5. The van der Waals surface area contributed by atoms with Gasteiger partial charge in [0.2, 0.25) is 5.91 Å². The number of phenolic OH excluding ortho intramolecular Hbond substituents is 1. The zero-order valence-electron chi connectivity index (χ0n) is 25.3. The van der Waals surface area contributed by atoms with E-state index in [1.165, 1.54) is 28.8 Å². The number of aromatic hydroxyl groups is 1. The quantitative estimate of drug-likeness (QED) is 0.333. The van der Waals surface area contributed by atoms with Gasteiger partial charge in [-0.1, -0.05) is 26.5 Å². The Morgan fingerprint density at radius 2 is 1.91 bits per heavy atom. The number of likely N-dealkylation sites (N-methyl/N-ethyl adjacent to an activating group) is 1. The van der Waals surface area contributed by atoms with Crippen molar-refractivity contribution in [2.75, 3.05) is 36.5 Å². The fourth-order valence-corrected chi connectivity index (χ4v) is 6.64. The predicted octanol–water partition coefficient (Wildman–Crippen LogP) is 4.90. The van der Waals surface area contributed by atoms with Crippen LogP contribution in [0.4, 0.5) is 20.3 Å². The van der Waals surface area contributed by atoms with Crippen molar-refractivity contribution in [1.82, 2.24) is 19.4 Å². The van der Waals surface area contributed by atoms with Crippen molar-refractivity contribution >= 4 is 28.3 Å². The number of carbonyl (C=O) groups is 1. The molecule has 44 heavy (non-hydrogen) atoms. The number of rotatable bonds is 4. The van der Waals surface area contributed by atoms with E-state index in [1.54, 1.807) is 29.1 Å². The average molecular weight is 601 g/mol. The van der Waals surface area contributed by atoms with Gasteiger partial charge < -0.3 is 19.8 Å². The summed E-state index contributed by atoms with van der Waals surface area (Å²) < 4.78 is 33.6. The number of anilines is 2. The van der Waals surface area contributed by atoms with E-state index in [0.717, 1.165) is 11.6 Å². The normalized spacial score (nSPS) is 18.0. The van der Waals surface area contributed by atoms with Crippen LogP contribution in [0.1, 0.15) is 37.9 Å². The van der Waals surface area contributed by atoms with Gasteiger partial charge in [-0.05, 0) is 55.7 Å². The molecule has 0 aliphatic carbocycles. The molecule has 2 aliphatic heterocycles. The van der Waals surface area contributed by atoms with E-state index in [4.69, 9.17) is 0 Å². The van der Waals surface area contributed by atoms with Crippen LogP contribution in [0, 0.1) is 18.6 Å². The van der Waals surface area contributed by atoms with Crippen molar-refractivity contribution in [1.29, 1.82) is 0 Å². The molecule has 0 spiro atoms. The van der Waals surface area contributed by atoms with Crippen LogP contribution in [0.2, 0.25) is 0 Å². The molecule has 1 N–H and O–H groups in total. The van der Waals surface area contributed by atoms with Gasteiger partial charge in [-0.2, -0.15) is 4.98 Å². The summed E-state index contributed by atoms with van der Waals surface area (Å²) in [6.45, 7) is 12.3. The lowest BCUT2D eigenvalue weighted by atomic mass is 9.98. The monoisotopic (exact) mass is 600 g/mol. The maximum atomic E-state index is 16.9. The van der Waals surface area contributed by atoms with Gasteiger partial charge in [0.05, 0.1) is 39.6 Å². The fourth-order valence-electron chi connectivity index (χ4n) is 6.64. The van der Waals surface area contributed by atoms with Crippen molar-refractivity contribution < 1.29 is 18.7 Å². The third kappa shape index (κ3) is 4.40. The molecule has 2 atom stereocenters. The molecule has 2 aliphatic rings. The van der Waals surface area contributed by atoms with E-state index in [2.05, 4.69) is 16.5 Å². The van der Waals surface area contributed by atoms with Crippen molar-refractivity contribution in [2.24, 2.45) is 0 Å². The van der Waals surface area contributed by atoms with E-state index in [9.17, 15) is 14.7 Å². The van der Waals surface area contributed by atoms with E-state index >= 15 is 8.78 Å². The molecule has 2 aromatic heterocycles. The minimum atomic E-state index is -0.805. The van der Waals surface area contributed by atoms with Crippen molar-refractivity contribution in [3.63, 3.8) is 0 Å². The number of nitrogens with zero attached hydrogens (tertiary/aromatic N) is 6. The lowest BCUT2D eigenvalue weighted by molar-refractivity contribution is -0.128. The third-order valence-corrected chi connectivity index (χ3v) is 8.70. The zero-order valence-corrected chi connectivity index (χ0v) is 25.3. The molecule has 228 valence electrons. The number of benzene rings is 2. The molecular formula is C33H34F2N6O3. The van der Waals surface area contributed by atoms with E-state index in [0.29, 0.717) is 41.2 Å². The largest absolute Gasteiger partial charge is 0.507 e. The highest BCUT2D eigenvalue weighted by Gasteiger charge is 2.40. The molecule has 0 saturated carbocycles. The number of pyridine rings is 1. The Hall–Kier alpha value is -4.80. The number of amides is 1. The number of fused-ring (bicyclic) bond motifs is 2. The van der Waals surface area contributed by atoms with Gasteiger partial charge in [0.15, 0.2) is 5.82 Å². The minimum absolute atomic E-state index is 0.0689. The molecule has 0 radical (unpaired) electrons. The van der Waals surface area contributed by atoms with Crippen LogP contribution in [0.15, 0.2) is 54.0 Å². The second-order valence-corrected chi connectivity index (χ2v) is 11.9. The van der Waals surface area contributed by atoms with Crippen LogP contribution < -0.4 is 15.5 Å². The van der Waals surface area contributed by atoms with Gasteiger partial charge in [0, 0.05) is 44.5 Å². The first-order valence-electron chi connectivity index (χ1n) is 14.6. The second kappa shape index (κ2) is 10.7. The van der Waals surface area contributed by atoms with Gasteiger partial charge in [0.1, 0.15) is 17.4 Å². The molecule has 11 heteroatoms. The van der Waals surface area contributed by atoms with Crippen molar-refractivity contribution in [3.8, 4) is 22.6 Å². The fraction of sp³-hybridized carbons (Fsp3) is 0.333. The Labute approximate surface area is 253 Å². The first-order valence-corrected chi connectivity index (χ1v) is 14.6. The molecule has 1 saturated heterocycles. The second-order valence-electron chi connectivity index (χ2n) is 11.9. The molecule has 1 amide bonds. The van der Waals surface area contributed by atoms with Crippen LogP contribution >= 0.6 is 0 Å². The predicted molar refractivity (Wildman–Crippen MR) is 167 cm³/mol. The topological polar surface area (TPSA) is 94.8 Å². The lowest BCUT2D eigenvalue weighted by Gasteiger charge is -2.45. The maximum absolute atomic E-state index is 16.9. The summed E-state index contributed by atoms with van der Waals surface area (Å²) in [6.07, 6.45) is 2.95. The summed E-state index contributed by atoms with van der Waals surface area (Å²) >= 11 is 0. The number of phenols is 1. The number of aryl methyl sites for hydroxylation is 1. The van der Waals surface area contributed by atoms with Crippen LogP contribution in [0.3, 0.4) is 0 Å². The Bertz CT molecular complexity index is 1890. The van der Waals surface area contributed by atoms with Crippen LogP contribution in [-0.4, -0.2) is 69.2 Å². The lowest BCUT2D eigenvalue weighted by Crippen LogP contribution is -2.61. The molecular weight excluding hydrogens is 566 g/mol. The Balaban J connectivity index is 1.75. The number of hydrogen-bond acceptors (Lipinski definition) is 7. The zero-order chi connectivity index (χ0) is 31.6. The summed E-state index contributed by atoms with van der Waals surface area (Å²) in [7, 11) is 1.72. The highest BCUT2D eigenvalue weighted by Crippen LogP contribution is 2.46. The molecule has 2 unspecified atom stereocenters. The van der Waals surface area contributed by atoms with E-state index < -0.39 is 23.1 Å². The summed E-state index contributed by atoms with van der Waals surface area (Å²) in [5.74, 6) is -1.99. The van der Waals surface area contributed by atoms with Gasteiger partial charge in [-0.3, -0.25) is 14.3 Å². The van der Waals surface area contributed by atoms with Gasteiger partial charge in [-0.15, -0.1) is 0 Å². The van der Waals surface area contributed by atoms with Crippen LogP contribution in [-0.2, 0) is 4.79 Å². The highest BCUT2D eigenvalue weighted by atomic mass is 19.1. The Morgan fingerprint density at radius 3 is 2.59 bits per heavy atom. The number of hydrogen-bond donors (Lipinski definition) is 1. The van der Waals surface area contributed by atoms with E-state index in [-0.39, 0.29) is 47.3 Å². The molecule has 1 fully saturated rings. The highest BCUT2D eigenvalue weighted by molar-refractivity contribution is 6.05. The van der Waals surface area contributed by atoms with Crippen LogP contribution in [0.5, 0.6) is 5.75 Å². The SMILES string of the molecule is C=CC(=O)N1CC2CN(C)c3c(F)c(-c4c(O)cccc4F)cc4c3c(nc(=O)n4-c3c(C)ccnc3C(C)C)N2CC1C. The minimum Gasteiger partial charge on any atom is -0.507 e. The number of carbonyl (C=O) groups excluding carboxylic acids is 1. The number of piperazine rings is 1. The molecule has 0 bridgehead atoms. The molecule has 4 heterocycles. The summed E-state index contributed by atoms with van der Waals surface area (Å²) in [5, 5.41) is 11.1. The van der Waals surface area contributed by atoms with E-state index in [1.807, 2.05) is 32.6 Å². The molecule has 9 nitrogen and oxygen atoms in total. The molecule has 4 aromatic rings. The first-order chi connectivity index (χ1) is 20.9. The van der Waals surface area contributed by atoms with Crippen molar-refractivity contribution in [2.45, 2.75) is 45.7 Å². The first kappa shape index (κ1) is 29.3. The number of aromatic nitrogens is 3. The number of halogens is 2. The molecule has 6 rings (SSSR count). The standard InChI is InChI=1S/C33H34F2N6O3/c1-7-25(43)39-16-20-15-38(6)31-27-23(13-21(28(31)35)26-22(34)9-8-10-24(26)42)41(30-18(4)11-12-36-29(30)17(2)3)33(44)37-32(27)40(20)14-19(39)5/h7-13,17,19-20,42H,1,14-16H2,2-6H3. The average Bonchev–Trinajstić information content (AvgIpc) is 3.08.